The third-order valence-corrected chi connectivity index (χ3v) is 2.08. The average Bonchev–Trinajstić information content (AvgIpc) is 2.04. The van der Waals surface area contributed by atoms with E-state index >= 15 is 0 Å². The first kappa shape index (κ1) is 9.96. The summed E-state index contributed by atoms with van der Waals surface area (Å²) in [6, 6.07) is 0. The van der Waals surface area contributed by atoms with E-state index in [0.717, 1.165) is 6.42 Å². The summed E-state index contributed by atoms with van der Waals surface area (Å²) < 4.78 is 10.9. The van der Waals surface area contributed by atoms with Gasteiger partial charge < -0.3 is 14.6 Å². The molecule has 0 aromatic rings. The summed E-state index contributed by atoms with van der Waals surface area (Å²) in [6.45, 7) is 6.55. The van der Waals surface area contributed by atoms with Crippen LogP contribution < -0.4 is 0 Å². The van der Waals surface area contributed by atoms with E-state index in [1.165, 1.54) is 0 Å². The molecule has 3 heteroatoms. The normalized spacial score (nSPS) is 33.8. The van der Waals surface area contributed by atoms with Crippen LogP contribution in [0.5, 0.6) is 0 Å². The largest absolute Gasteiger partial charge is 0.391 e. The van der Waals surface area contributed by atoms with Crippen molar-refractivity contribution in [3.05, 3.63) is 0 Å². The molecule has 0 aliphatic carbocycles. The molecule has 1 aliphatic heterocycles. The second-order valence-electron chi connectivity index (χ2n) is 3.69. The summed E-state index contributed by atoms with van der Waals surface area (Å²) in [5.74, 6) is 0.353. The van der Waals surface area contributed by atoms with Crippen molar-refractivity contribution < 1.29 is 14.6 Å². The van der Waals surface area contributed by atoms with Crippen molar-refractivity contribution in [2.75, 3.05) is 6.61 Å². The van der Waals surface area contributed by atoms with Gasteiger partial charge in [0.25, 0.3) is 0 Å². The molecular weight excluding hydrogens is 156 g/mol. The Balaban J connectivity index is 2.40. The summed E-state index contributed by atoms with van der Waals surface area (Å²) in [5.41, 5.74) is 0. The Morgan fingerprint density at radius 3 is 2.50 bits per heavy atom. The molecule has 0 aromatic heterocycles. The van der Waals surface area contributed by atoms with E-state index in [9.17, 15) is 5.11 Å². The predicted molar refractivity (Wildman–Crippen MR) is 45.7 cm³/mol. The number of hydrogen-bond acceptors (Lipinski definition) is 3. The molecule has 1 saturated heterocycles. The fraction of sp³-hybridized carbons (Fsp3) is 1.00. The molecule has 1 rings (SSSR count). The molecule has 1 heterocycles. The molecule has 0 spiro atoms. The number of aliphatic hydroxyl groups excluding tert-OH is 1. The molecule has 0 saturated carbocycles. The van der Waals surface area contributed by atoms with Crippen LogP contribution in [0.1, 0.15) is 27.2 Å². The Hall–Kier alpha value is -0.120. The van der Waals surface area contributed by atoms with E-state index in [-0.39, 0.29) is 12.4 Å². The van der Waals surface area contributed by atoms with Crippen molar-refractivity contribution in [3.63, 3.8) is 0 Å². The highest BCUT2D eigenvalue weighted by molar-refractivity contribution is 4.70. The Bertz CT molecular complexity index is 120. The van der Waals surface area contributed by atoms with Gasteiger partial charge in [-0.2, -0.15) is 0 Å². The van der Waals surface area contributed by atoms with Gasteiger partial charge in [0.1, 0.15) is 0 Å². The average molecular weight is 174 g/mol. The van der Waals surface area contributed by atoms with Gasteiger partial charge in [0.05, 0.1) is 18.8 Å². The lowest BCUT2D eigenvalue weighted by atomic mass is 10.1. The van der Waals surface area contributed by atoms with Gasteiger partial charge in [0.2, 0.25) is 0 Å². The number of rotatable bonds is 2. The minimum Gasteiger partial charge on any atom is -0.391 e. The fourth-order valence-electron chi connectivity index (χ4n) is 1.28. The van der Waals surface area contributed by atoms with Crippen molar-refractivity contribution >= 4 is 0 Å². The molecule has 0 amide bonds. The summed E-state index contributed by atoms with van der Waals surface area (Å²) in [5, 5.41) is 9.30. The smallest absolute Gasteiger partial charge is 0.160 e. The van der Waals surface area contributed by atoms with E-state index in [4.69, 9.17) is 9.47 Å². The lowest BCUT2D eigenvalue weighted by Gasteiger charge is -2.33. The first-order valence-corrected chi connectivity index (χ1v) is 4.56. The highest BCUT2D eigenvalue weighted by Gasteiger charge is 2.27. The van der Waals surface area contributed by atoms with Crippen LogP contribution >= 0.6 is 0 Å². The van der Waals surface area contributed by atoms with Crippen LogP contribution in [0.4, 0.5) is 0 Å². The zero-order valence-corrected chi connectivity index (χ0v) is 7.99. The Morgan fingerprint density at radius 1 is 1.33 bits per heavy atom. The lowest BCUT2D eigenvalue weighted by molar-refractivity contribution is -0.247. The van der Waals surface area contributed by atoms with E-state index < -0.39 is 6.10 Å². The van der Waals surface area contributed by atoms with Crippen LogP contribution in [0.3, 0.4) is 0 Å². The quantitative estimate of drug-likeness (QED) is 0.682. The van der Waals surface area contributed by atoms with Crippen LogP contribution in [0.25, 0.3) is 0 Å². The van der Waals surface area contributed by atoms with Gasteiger partial charge >= 0.3 is 0 Å². The molecule has 12 heavy (non-hydrogen) atoms. The molecule has 1 fully saturated rings. The Kier molecular flexibility index (Phi) is 3.50. The second kappa shape index (κ2) is 4.21. The summed E-state index contributed by atoms with van der Waals surface area (Å²) in [7, 11) is 0. The number of ether oxygens (including phenoxy) is 2. The highest BCUT2D eigenvalue weighted by atomic mass is 16.7. The topological polar surface area (TPSA) is 38.7 Å². The van der Waals surface area contributed by atoms with E-state index in [1.54, 1.807) is 6.92 Å². The van der Waals surface area contributed by atoms with E-state index in [2.05, 4.69) is 13.8 Å². The van der Waals surface area contributed by atoms with Gasteiger partial charge in [-0.05, 0) is 13.3 Å². The van der Waals surface area contributed by atoms with Crippen molar-refractivity contribution in [3.8, 4) is 0 Å². The van der Waals surface area contributed by atoms with Crippen molar-refractivity contribution in [2.45, 2.75) is 45.7 Å². The molecule has 0 radical (unpaired) electrons. The third kappa shape index (κ3) is 2.44. The Labute approximate surface area is 73.7 Å². The first-order valence-electron chi connectivity index (χ1n) is 4.56. The van der Waals surface area contributed by atoms with E-state index in [0.29, 0.717) is 12.5 Å². The summed E-state index contributed by atoms with van der Waals surface area (Å²) in [4.78, 5) is 0. The van der Waals surface area contributed by atoms with Crippen molar-refractivity contribution in [1.82, 2.24) is 0 Å². The van der Waals surface area contributed by atoms with Crippen molar-refractivity contribution in [2.24, 2.45) is 5.92 Å². The second-order valence-corrected chi connectivity index (χ2v) is 3.69. The lowest BCUT2D eigenvalue weighted by Crippen LogP contribution is -2.40. The van der Waals surface area contributed by atoms with Gasteiger partial charge in [-0.15, -0.1) is 0 Å². The molecule has 72 valence electrons. The minimum absolute atomic E-state index is 0.0499. The maximum absolute atomic E-state index is 9.30. The van der Waals surface area contributed by atoms with Gasteiger partial charge in [0, 0.05) is 5.92 Å². The predicted octanol–water partition coefficient (Wildman–Crippen LogP) is 1.15. The fourth-order valence-corrected chi connectivity index (χ4v) is 1.28. The first-order chi connectivity index (χ1) is 5.61. The third-order valence-electron chi connectivity index (χ3n) is 2.08. The molecule has 1 N–H and O–H groups in total. The standard InChI is InChI=1S/C9H18O3/c1-6(2)9-11-5-4-8(12-9)7(3)10/h6-10H,4-5H2,1-3H3. The van der Waals surface area contributed by atoms with Gasteiger partial charge in [-0.3, -0.25) is 0 Å². The van der Waals surface area contributed by atoms with Crippen molar-refractivity contribution in [1.29, 1.82) is 0 Å². The zero-order valence-electron chi connectivity index (χ0n) is 7.99. The maximum Gasteiger partial charge on any atom is 0.160 e. The van der Waals surface area contributed by atoms with Gasteiger partial charge in [0.15, 0.2) is 6.29 Å². The van der Waals surface area contributed by atoms with Crippen LogP contribution in [0.15, 0.2) is 0 Å². The minimum atomic E-state index is -0.393. The molecule has 3 atom stereocenters. The molecule has 1 aliphatic rings. The van der Waals surface area contributed by atoms with E-state index in [1.807, 2.05) is 0 Å². The molecule has 3 unspecified atom stereocenters. The molecule has 0 aromatic carbocycles. The van der Waals surface area contributed by atoms with Crippen LogP contribution in [0.2, 0.25) is 0 Å². The molecule has 3 nitrogen and oxygen atoms in total. The molecule has 0 bridgehead atoms. The number of hydrogen-bond donors (Lipinski definition) is 1. The maximum atomic E-state index is 9.30. The molecular formula is C9H18O3. The Morgan fingerprint density at radius 2 is 2.00 bits per heavy atom. The zero-order chi connectivity index (χ0) is 9.14. The van der Waals surface area contributed by atoms with Crippen LogP contribution in [-0.4, -0.2) is 30.2 Å². The number of aliphatic hydroxyl groups is 1. The van der Waals surface area contributed by atoms with Crippen LogP contribution in [0, 0.1) is 5.92 Å². The monoisotopic (exact) mass is 174 g/mol. The van der Waals surface area contributed by atoms with Crippen LogP contribution in [-0.2, 0) is 9.47 Å². The summed E-state index contributed by atoms with van der Waals surface area (Å²) >= 11 is 0. The van der Waals surface area contributed by atoms with Gasteiger partial charge in [-0.1, -0.05) is 13.8 Å². The highest BCUT2D eigenvalue weighted by Crippen LogP contribution is 2.20. The van der Waals surface area contributed by atoms with Gasteiger partial charge in [-0.25, -0.2) is 0 Å². The summed E-state index contributed by atoms with van der Waals surface area (Å²) in [6.07, 6.45) is 0.209. The SMILES string of the molecule is CC(C)C1OCCC(C(C)O)O1.